The Hall–Kier alpha value is -1.11. The Morgan fingerprint density at radius 2 is 2.12 bits per heavy atom. The van der Waals surface area contributed by atoms with Gasteiger partial charge in [0, 0.05) is 6.20 Å². The highest BCUT2D eigenvalue weighted by atomic mass is 79.9. The zero-order chi connectivity index (χ0) is 12.5. The molecule has 1 aromatic rings. The zero-order valence-corrected chi connectivity index (χ0v) is 9.89. The van der Waals surface area contributed by atoms with Crippen LogP contribution in [0.25, 0.3) is 0 Å². The number of alkyl halides is 2. The molecule has 0 saturated carbocycles. The van der Waals surface area contributed by atoms with Crippen LogP contribution >= 0.6 is 15.9 Å². The smallest absolute Gasteiger partial charge is 0.253 e. The van der Waals surface area contributed by atoms with E-state index in [0.29, 0.717) is 6.20 Å². The fourth-order valence-electron chi connectivity index (χ4n) is 0.958. The summed E-state index contributed by atoms with van der Waals surface area (Å²) in [6, 6.07) is 1.49. The Morgan fingerprint density at radius 1 is 1.56 bits per heavy atom. The Morgan fingerprint density at radius 3 is 2.50 bits per heavy atom. The number of aromatic nitrogens is 1. The van der Waals surface area contributed by atoms with E-state index in [9.17, 15) is 17.2 Å². The van der Waals surface area contributed by atoms with Gasteiger partial charge in [-0.25, -0.2) is 22.3 Å². The maximum absolute atomic E-state index is 12.4. The number of sulfonamides is 1. The fourth-order valence-corrected chi connectivity index (χ4v) is 2.30. The third-order valence-corrected chi connectivity index (χ3v) is 3.36. The molecule has 0 radical (unpaired) electrons. The van der Waals surface area contributed by atoms with Crippen molar-refractivity contribution in [1.29, 1.82) is 5.26 Å². The quantitative estimate of drug-likeness (QED) is 0.890. The molecule has 5 nitrogen and oxygen atoms in total. The van der Waals surface area contributed by atoms with Gasteiger partial charge in [-0.05, 0) is 15.9 Å². The van der Waals surface area contributed by atoms with E-state index < -0.39 is 32.6 Å². The minimum absolute atomic E-state index is 0.364. The highest BCUT2D eigenvalue weighted by Crippen LogP contribution is 2.30. The lowest BCUT2D eigenvalue weighted by Gasteiger charge is -2.07. The summed E-state index contributed by atoms with van der Waals surface area (Å²) in [5.41, 5.74) is -1.18. The number of nitrogens with two attached hydrogens (primary N) is 1. The normalized spacial score (nSPS) is 11.5. The maximum Gasteiger partial charge on any atom is 0.281 e. The van der Waals surface area contributed by atoms with Gasteiger partial charge in [0.1, 0.15) is 16.7 Å². The van der Waals surface area contributed by atoms with Crippen molar-refractivity contribution in [2.24, 2.45) is 5.14 Å². The Balaban J connectivity index is 3.62. The van der Waals surface area contributed by atoms with Gasteiger partial charge in [-0.1, -0.05) is 0 Å². The fraction of sp³-hybridized carbons (Fsp3) is 0.143. The van der Waals surface area contributed by atoms with Crippen LogP contribution in [-0.4, -0.2) is 13.4 Å². The molecule has 0 amide bonds. The van der Waals surface area contributed by atoms with Gasteiger partial charge >= 0.3 is 0 Å². The zero-order valence-electron chi connectivity index (χ0n) is 7.49. The van der Waals surface area contributed by atoms with Crippen molar-refractivity contribution in [3.63, 3.8) is 0 Å². The third kappa shape index (κ3) is 2.34. The molecule has 0 aliphatic carbocycles. The van der Waals surface area contributed by atoms with E-state index in [4.69, 9.17) is 10.4 Å². The van der Waals surface area contributed by atoms with Crippen LogP contribution in [-0.2, 0) is 10.0 Å². The van der Waals surface area contributed by atoms with Crippen LogP contribution in [0.15, 0.2) is 15.6 Å². The van der Waals surface area contributed by atoms with Crippen molar-refractivity contribution in [3.8, 4) is 6.07 Å². The predicted molar refractivity (Wildman–Crippen MR) is 53.0 cm³/mol. The minimum atomic E-state index is -4.17. The van der Waals surface area contributed by atoms with Crippen LogP contribution in [0.1, 0.15) is 17.7 Å². The first kappa shape index (κ1) is 13.0. The topological polar surface area (TPSA) is 96.8 Å². The lowest BCUT2D eigenvalue weighted by molar-refractivity contribution is 0.145. The molecule has 0 unspecified atom stereocenters. The van der Waals surface area contributed by atoms with E-state index in [2.05, 4.69) is 20.9 Å². The summed E-state index contributed by atoms with van der Waals surface area (Å²) < 4.78 is 46.5. The number of pyridine rings is 1. The SMILES string of the molecule is N#Cc1c(S(N)(=O)=O)cnc(C(F)F)c1Br. The maximum atomic E-state index is 12.4. The van der Waals surface area contributed by atoms with E-state index in [1.165, 1.54) is 6.07 Å². The Bertz CT molecular complexity index is 568. The molecule has 0 aliphatic rings. The Kier molecular flexibility index (Phi) is 3.57. The van der Waals surface area contributed by atoms with Crippen molar-refractivity contribution < 1.29 is 17.2 Å². The molecule has 86 valence electrons. The summed E-state index contributed by atoms with van der Waals surface area (Å²) in [5.74, 6) is 0. The van der Waals surface area contributed by atoms with Crippen molar-refractivity contribution >= 4 is 26.0 Å². The average molecular weight is 312 g/mol. The minimum Gasteiger partial charge on any atom is -0.253 e. The van der Waals surface area contributed by atoms with Gasteiger partial charge in [0.2, 0.25) is 10.0 Å². The highest BCUT2D eigenvalue weighted by molar-refractivity contribution is 9.10. The number of nitrogens with zero attached hydrogens (tertiary/aromatic N) is 2. The number of hydrogen-bond donors (Lipinski definition) is 1. The van der Waals surface area contributed by atoms with Crippen LogP contribution in [0.3, 0.4) is 0 Å². The molecule has 0 saturated heterocycles. The lowest BCUT2D eigenvalue weighted by Crippen LogP contribution is -2.15. The van der Waals surface area contributed by atoms with Crippen LogP contribution in [0.2, 0.25) is 0 Å². The molecule has 0 fully saturated rings. The summed E-state index contributed by atoms with van der Waals surface area (Å²) in [6.45, 7) is 0. The summed E-state index contributed by atoms with van der Waals surface area (Å²) in [5, 5.41) is 13.5. The van der Waals surface area contributed by atoms with Gasteiger partial charge in [0.25, 0.3) is 6.43 Å². The van der Waals surface area contributed by atoms with Gasteiger partial charge in [0.05, 0.1) is 10.0 Å². The highest BCUT2D eigenvalue weighted by Gasteiger charge is 2.23. The van der Waals surface area contributed by atoms with Crippen LogP contribution < -0.4 is 5.14 Å². The molecule has 0 spiro atoms. The van der Waals surface area contributed by atoms with Gasteiger partial charge in [0.15, 0.2) is 0 Å². The molecule has 0 atom stereocenters. The van der Waals surface area contributed by atoms with Crippen molar-refractivity contribution in [2.75, 3.05) is 0 Å². The van der Waals surface area contributed by atoms with E-state index in [1.54, 1.807) is 0 Å². The molecular formula is C7H4BrF2N3O2S. The van der Waals surface area contributed by atoms with Crippen molar-refractivity contribution in [3.05, 3.63) is 21.9 Å². The number of halogens is 3. The molecule has 0 bridgehead atoms. The standard InChI is InChI=1S/C7H4BrF2N3O2S/c8-5-3(1-11)4(16(12,14)15)2-13-6(5)7(9)10/h2,7H,(H2,12,14,15). The summed E-state index contributed by atoms with van der Waals surface area (Å²) in [6.07, 6.45) is -2.28. The Labute approximate surface area is 98.1 Å². The summed E-state index contributed by atoms with van der Waals surface area (Å²) in [7, 11) is -4.17. The van der Waals surface area contributed by atoms with Gasteiger partial charge in [-0.2, -0.15) is 5.26 Å². The molecule has 16 heavy (non-hydrogen) atoms. The van der Waals surface area contributed by atoms with E-state index in [0.717, 1.165) is 0 Å². The van der Waals surface area contributed by atoms with Gasteiger partial charge in [-0.15, -0.1) is 0 Å². The lowest BCUT2D eigenvalue weighted by atomic mass is 10.2. The molecule has 1 heterocycles. The third-order valence-electron chi connectivity index (χ3n) is 1.64. The molecule has 0 aliphatic heterocycles. The van der Waals surface area contributed by atoms with Crippen LogP contribution in [0.5, 0.6) is 0 Å². The number of nitriles is 1. The number of primary sulfonamides is 1. The van der Waals surface area contributed by atoms with Crippen molar-refractivity contribution in [1.82, 2.24) is 4.98 Å². The molecule has 0 aromatic carbocycles. The number of hydrogen-bond acceptors (Lipinski definition) is 4. The van der Waals surface area contributed by atoms with Gasteiger partial charge < -0.3 is 0 Å². The van der Waals surface area contributed by atoms with Crippen molar-refractivity contribution in [2.45, 2.75) is 11.3 Å². The predicted octanol–water partition coefficient (Wildman–Crippen LogP) is 1.30. The summed E-state index contributed by atoms with van der Waals surface area (Å²) >= 11 is 2.70. The average Bonchev–Trinajstić information content (AvgIpc) is 2.15. The molecule has 1 aromatic heterocycles. The van der Waals surface area contributed by atoms with Gasteiger partial charge in [-0.3, -0.25) is 4.98 Å². The molecule has 9 heteroatoms. The molecule has 2 N–H and O–H groups in total. The first-order chi connectivity index (χ1) is 7.29. The van der Waals surface area contributed by atoms with E-state index >= 15 is 0 Å². The number of rotatable bonds is 2. The monoisotopic (exact) mass is 311 g/mol. The molecule has 1 rings (SSSR count). The summed E-state index contributed by atoms with van der Waals surface area (Å²) in [4.78, 5) is 2.65. The second-order valence-electron chi connectivity index (χ2n) is 2.65. The first-order valence-corrected chi connectivity index (χ1v) is 6.02. The van der Waals surface area contributed by atoms with E-state index in [-0.39, 0.29) is 4.47 Å². The van der Waals surface area contributed by atoms with Crippen LogP contribution in [0.4, 0.5) is 8.78 Å². The van der Waals surface area contributed by atoms with E-state index in [1.807, 2.05) is 0 Å². The largest absolute Gasteiger partial charge is 0.281 e. The second-order valence-corrected chi connectivity index (χ2v) is 4.98. The van der Waals surface area contributed by atoms with Crippen LogP contribution in [0, 0.1) is 11.3 Å². The molecular weight excluding hydrogens is 308 g/mol. The second kappa shape index (κ2) is 4.40. The first-order valence-electron chi connectivity index (χ1n) is 3.68.